The lowest BCUT2D eigenvalue weighted by molar-refractivity contribution is 0.878. The molecule has 0 spiro atoms. The van der Waals surface area contributed by atoms with E-state index in [1.54, 1.807) is 0 Å². The lowest BCUT2D eigenvalue weighted by Gasteiger charge is -2.28. The molecule has 5 nitrogen and oxygen atoms in total. The van der Waals surface area contributed by atoms with Gasteiger partial charge < -0.3 is 10.2 Å². The highest BCUT2D eigenvalue weighted by atomic mass is 15.1. The van der Waals surface area contributed by atoms with Crippen LogP contribution in [0.2, 0.25) is 0 Å². The maximum Gasteiger partial charge on any atom is 0.0894 e. The lowest BCUT2D eigenvalue weighted by Crippen LogP contribution is -2.36. The first-order valence-corrected chi connectivity index (χ1v) is 15.4. The van der Waals surface area contributed by atoms with Crippen LogP contribution in [0.15, 0.2) is 157 Å². The zero-order chi connectivity index (χ0) is 30.0. The van der Waals surface area contributed by atoms with Gasteiger partial charge >= 0.3 is 0 Å². The van der Waals surface area contributed by atoms with Crippen LogP contribution in [0, 0.1) is 0 Å². The highest BCUT2D eigenvalue weighted by Gasteiger charge is 2.20. The Hall–Kier alpha value is -5.81. The van der Waals surface area contributed by atoms with Gasteiger partial charge in [-0.1, -0.05) is 85.0 Å². The van der Waals surface area contributed by atoms with Crippen molar-refractivity contribution < 1.29 is 0 Å². The second-order valence-electron chi connectivity index (χ2n) is 11.3. The van der Waals surface area contributed by atoms with Gasteiger partial charge in [-0.05, 0) is 78.6 Å². The third kappa shape index (κ3) is 5.41. The number of fused-ring (bicyclic) bond motifs is 2. The highest BCUT2D eigenvalue weighted by molar-refractivity contribution is 6.04. The van der Waals surface area contributed by atoms with Gasteiger partial charge in [0.2, 0.25) is 0 Å². The van der Waals surface area contributed by atoms with E-state index in [0.29, 0.717) is 0 Å². The molecule has 8 rings (SSSR count). The largest absolute Gasteiger partial charge is 0.372 e. The molecular formula is C40H31N5. The fraction of sp³-hybridized carbons (Fsp3) is 0.0750. The van der Waals surface area contributed by atoms with E-state index in [4.69, 9.17) is 9.98 Å². The minimum Gasteiger partial charge on any atom is -0.372 e. The molecule has 3 aliphatic rings. The van der Waals surface area contributed by atoms with Gasteiger partial charge in [-0.2, -0.15) is 0 Å². The van der Waals surface area contributed by atoms with E-state index >= 15 is 0 Å². The summed E-state index contributed by atoms with van der Waals surface area (Å²) < 4.78 is 0. The van der Waals surface area contributed by atoms with Crippen LogP contribution < -0.4 is 10.2 Å². The van der Waals surface area contributed by atoms with Gasteiger partial charge in [0.1, 0.15) is 0 Å². The molecular weight excluding hydrogens is 550 g/mol. The van der Waals surface area contributed by atoms with Crippen molar-refractivity contribution in [1.82, 2.24) is 15.3 Å². The number of para-hydroxylation sites is 2. The molecule has 0 bridgehead atoms. The van der Waals surface area contributed by atoms with Gasteiger partial charge in [-0.25, -0.2) is 4.98 Å². The Morgan fingerprint density at radius 3 is 2.33 bits per heavy atom. The Kier molecular flexibility index (Phi) is 6.97. The topological polar surface area (TPSA) is 53.4 Å². The number of benzene rings is 4. The van der Waals surface area contributed by atoms with Crippen molar-refractivity contribution in [2.24, 2.45) is 4.99 Å². The highest BCUT2D eigenvalue weighted by Crippen LogP contribution is 2.38. The number of aliphatic imine (C=N–C) groups is 1. The quantitative estimate of drug-likeness (QED) is 0.217. The molecule has 1 atom stereocenters. The summed E-state index contributed by atoms with van der Waals surface area (Å²) in [6.07, 6.45) is 20.8. The summed E-state index contributed by atoms with van der Waals surface area (Å²) in [5.74, 6) is 0. The number of anilines is 3. The zero-order valence-corrected chi connectivity index (χ0v) is 24.7. The number of nitrogens with one attached hydrogen (secondary N) is 1. The van der Waals surface area contributed by atoms with Gasteiger partial charge in [-0.3, -0.25) is 9.98 Å². The molecule has 1 aliphatic heterocycles. The Morgan fingerprint density at radius 1 is 0.711 bits per heavy atom. The summed E-state index contributed by atoms with van der Waals surface area (Å²) in [4.78, 5) is 16.7. The van der Waals surface area contributed by atoms with Crippen molar-refractivity contribution in [1.29, 1.82) is 0 Å². The summed E-state index contributed by atoms with van der Waals surface area (Å²) in [5.41, 5.74) is 12.5. The molecule has 5 heteroatoms. The number of aromatic nitrogens is 2. The standard InChI is InChI=1S/C40H31N5/c1-2-10-28(11-3-1)29-20-22-32(23-21-29)45(33-14-8-12-30(24-33)39-26-41-35-16-4-6-18-37(35)43-39)34-15-9-13-31(25-34)40-27-42-36-17-5-7-19-38(36)44-40/h1-2,4-10,12-27,37,43H,3,11H2. The van der Waals surface area contributed by atoms with Crippen molar-refractivity contribution in [3.8, 4) is 11.3 Å². The summed E-state index contributed by atoms with van der Waals surface area (Å²) in [7, 11) is 0. The molecule has 0 amide bonds. The lowest BCUT2D eigenvalue weighted by atomic mass is 9.97. The Labute approximate surface area is 263 Å². The molecule has 2 aliphatic carbocycles. The van der Waals surface area contributed by atoms with Crippen molar-refractivity contribution in [3.05, 3.63) is 163 Å². The maximum atomic E-state index is 4.93. The third-order valence-corrected chi connectivity index (χ3v) is 8.43. The SMILES string of the molecule is C1=CCCC(c2ccc(N(c3cccc(C4=CN=C5C=CC=CC5N4)c3)c3cccc(-c4cnc5ccccc5n4)c3)cc2)=C1. The van der Waals surface area contributed by atoms with Crippen LogP contribution in [0.4, 0.5) is 17.1 Å². The molecule has 216 valence electrons. The number of nitrogens with zero attached hydrogens (tertiary/aromatic N) is 4. The first-order chi connectivity index (χ1) is 22.3. The molecule has 0 radical (unpaired) electrons. The summed E-state index contributed by atoms with van der Waals surface area (Å²) >= 11 is 0. The number of hydrogen-bond donors (Lipinski definition) is 1. The van der Waals surface area contributed by atoms with Crippen LogP contribution in [-0.4, -0.2) is 21.7 Å². The molecule has 0 saturated carbocycles. The number of allylic oxidation sites excluding steroid dienone is 6. The van der Waals surface area contributed by atoms with Crippen molar-refractivity contribution in [2.45, 2.75) is 18.9 Å². The van der Waals surface area contributed by atoms with E-state index in [9.17, 15) is 0 Å². The van der Waals surface area contributed by atoms with Crippen LogP contribution in [0.25, 0.3) is 33.6 Å². The van der Waals surface area contributed by atoms with Crippen LogP contribution in [0.5, 0.6) is 0 Å². The second-order valence-corrected chi connectivity index (χ2v) is 11.3. The average Bonchev–Trinajstić information content (AvgIpc) is 3.12. The molecule has 45 heavy (non-hydrogen) atoms. The van der Waals surface area contributed by atoms with Crippen LogP contribution in [-0.2, 0) is 0 Å². The monoisotopic (exact) mass is 581 g/mol. The van der Waals surface area contributed by atoms with Crippen molar-refractivity contribution >= 4 is 45.1 Å². The van der Waals surface area contributed by atoms with E-state index in [-0.39, 0.29) is 6.04 Å². The molecule has 2 heterocycles. The van der Waals surface area contributed by atoms with Gasteiger partial charge in [0.05, 0.1) is 46.6 Å². The minimum atomic E-state index is 0.0750. The molecule has 5 aromatic rings. The second kappa shape index (κ2) is 11.7. The minimum absolute atomic E-state index is 0.0750. The van der Waals surface area contributed by atoms with Crippen molar-refractivity contribution in [3.63, 3.8) is 0 Å². The van der Waals surface area contributed by atoms with Crippen LogP contribution >= 0.6 is 0 Å². The average molecular weight is 582 g/mol. The molecule has 1 aromatic heterocycles. The van der Waals surface area contributed by atoms with E-state index < -0.39 is 0 Å². The number of hydrogen-bond acceptors (Lipinski definition) is 5. The normalized spacial score (nSPS) is 16.8. The molecule has 4 aromatic carbocycles. The van der Waals surface area contributed by atoms with Crippen LogP contribution in [0.3, 0.4) is 0 Å². The fourth-order valence-corrected chi connectivity index (χ4v) is 6.11. The molecule has 0 fully saturated rings. The predicted molar refractivity (Wildman–Crippen MR) is 187 cm³/mol. The van der Waals surface area contributed by atoms with E-state index in [1.165, 1.54) is 11.1 Å². The van der Waals surface area contributed by atoms with Gasteiger partial charge in [-0.15, -0.1) is 0 Å². The van der Waals surface area contributed by atoms with E-state index in [2.05, 4.69) is 124 Å². The van der Waals surface area contributed by atoms with Gasteiger partial charge in [0.15, 0.2) is 0 Å². The van der Waals surface area contributed by atoms with Crippen molar-refractivity contribution in [2.75, 3.05) is 4.90 Å². The smallest absolute Gasteiger partial charge is 0.0894 e. The number of rotatable bonds is 6. The first-order valence-electron chi connectivity index (χ1n) is 15.4. The molecule has 0 saturated heterocycles. The fourth-order valence-electron chi connectivity index (χ4n) is 6.11. The first kappa shape index (κ1) is 26.8. The zero-order valence-electron chi connectivity index (χ0n) is 24.7. The molecule has 1 unspecified atom stereocenters. The van der Waals surface area contributed by atoms with Gasteiger partial charge in [0, 0.05) is 28.2 Å². The predicted octanol–water partition coefficient (Wildman–Crippen LogP) is 9.34. The van der Waals surface area contributed by atoms with E-state index in [0.717, 1.165) is 69.2 Å². The van der Waals surface area contributed by atoms with E-state index in [1.807, 2.05) is 42.7 Å². The summed E-state index contributed by atoms with van der Waals surface area (Å²) in [5, 5.41) is 3.65. The summed E-state index contributed by atoms with van der Waals surface area (Å²) in [6, 6.07) is 34.2. The van der Waals surface area contributed by atoms with Crippen LogP contribution in [0.1, 0.15) is 24.0 Å². The third-order valence-electron chi connectivity index (χ3n) is 8.43. The Balaban J connectivity index is 1.21. The maximum absolute atomic E-state index is 4.93. The van der Waals surface area contributed by atoms with Gasteiger partial charge in [0.25, 0.3) is 0 Å². The summed E-state index contributed by atoms with van der Waals surface area (Å²) in [6.45, 7) is 0. The molecule has 1 N–H and O–H groups in total. The Morgan fingerprint density at radius 2 is 1.51 bits per heavy atom. The Bertz CT molecular complexity index is 2100.